The second kappa shape index (κ2) is 12.4. The van der Waals surface area contributed by atoms with E-state index in [0.717, 1.165) is 16.7 Å². The van der Waals surface area contributed by atoms with Gasteiger partial charge in [0.05, 0.1) is 38.3 Å². The lowest BCUT2D eigenvalue weighted by atomic mass is 10.0. The molecule has 0 bridgehead atoms. The molecular formula is C31H31N5O4. The van der Waals surface area contributed by atoms with E-state index in [-0.39, 0.29) is 0 Å². The topological polar surface area (TPSA) is 106 Å². The van der Waals surface area contributed by atoms with E-state index in [2.05, 4.69) is 15.1 Å². The maximum atomic E-state index is 6.66. The van der Waals surface area contributed by atoms with E-state index >= 15 is 0 Å². The van der Waals surface area contributed by atoms with Crippen LogP contribution in [0.3, 0.4) is 0 Å². The Balaban J connectivity index is 1.29. The van der Waals surface area contributed by atoms with Crippen molar-refractivity contribution in [3.05, 3.63) is 126 Å². The summed E-state index contributed by atoms with van der Waals surface area (Å²) < 4.78 is 27.6. The fraction of sp³-hybridized carbons (Fsp3) is 0.258. The van der Waals surface area contributed by atoms with Crippen molar-refractivity contribution in [3.8, 4) is 0 Å². The number of nitrogens with two attached hydrogens (primary N) is 1. The van der Waals surface area contributed by atoms with Gasteiger partial charge in [-0.15, -0.1) is 0 Å². The Bertz CT molecular complexity index is 1500. The Hall–Kier alpha value is -4.15. The molecule has 40 heavy (non-hydrogen) atoms. The second-order valence-corrected chi connectivity index (χ2v) is 9.68. The number of fused-ring (bicyclic) bond motifs is 1. The van der Waals surface area contributed by atoms with Crippen molar-refractivity contribution >= 4 is 11.5 Å². The number of anilines is 1. The SMILES string of the molecule is Nc1ncnn2c([C@@H]3O[C@H](COCc4ccccc4)[C@H](OCc4ccccc4)[C@H]3OCc3ccccc3)cnc12. The van der Waals surface area contributed by atoms with E-state index in [9.17, 15) is 0 Å². The summed E-state index contributed by atoms with van der Waals surface area (Å²) in [5.41, 5.74) is 10.5. The Morgan fingerprint density at radius 3 is 1.93 bits per heavy atom. The molecule has 3 heterocycles. The van der Waals surface area contributed by atoms with Gasteiger partial charge in [0.2, 0.25) is 0 Å². The summed E-state index contributed by atoms with van der Waals surface area (Å²) in [7, 11) is 0. The third-order valence-corrected chi connectivity index (χ3v) is 6.92. The fourth-order valence-electron chi connectivity index (χ4n) is 4.93. The predicted molar refractivity (Wildman–Crippen MR) is 149 cm³/mol. The number of benzene rings is 3. The van der Waals surface area contributed by atoms with Gasteiger partial charge in [-0.1, -0.05) is 91.0 Å². The minimum Gasteiger partial charge on any atom is -0.381 e. The molecule has 204 valence electrons. The first-order valence-electron chi connectivity index (χ1n) is 13.3. The normalized spacial score (nSPS) is 20.7. The summed E-state index contributed by atoms with van der Waals surface area (Å²) in [4.78, 5) is 8.54. The van der Waals surface area contributed by atoms with Gasteiger partial charge in [0.1, 0.15) is 30.7 Å². The maximum absolute atomic E-state index is 6.66. The van der Waals surface area contributed by atoms with Crippen molar-refractivity contribution < 1.29 is 18.9 Å². The number of imidazole rings is 1. The first-order valence-corrected chi connectivity index (χ1v) is 13.3. The molecule has 3 aromatic carbocycles. The van der Waals surface area contributed by atoms with E-state index in [4.69, 9.17) is 24.7 Å². The number of nitrogens with zero attached hydrogens (tertiary/aromatic N) is 4. The minimum atomic E-state index is -0.529. The zero-order valence-electron chi connectivity index (χ0n) is 22.0. The third kappa shape index (κ3) is 5.88. The number of rotatable bonds is 11. The molecule has 1 aliphatic rings. The minimum absolute atomic E-state index is 0.292. The molecule has 2 aromatic heterocycles. The molecule has 1 saturated heterocycles. The van der Waals surface area contributed by atoms with Crippen molar-refractivity contribution in [2.45, 2.75) is 44.2 Å². The zero-order valence-corrected chi connectivity index (χ0v) is 22.0. The Morgan fingerprint density at radius 2 is 1.30 bits per heavy atom. The van der Waals surface area contributed by atoms with Crippen LogP contribution in [0.15, 0.2) is 104 Å². The van der Waals surface area contributed by atoms with Gasteiger partial charge in [-0.3, -0.25) is 0 Å². The Kier molecular flexibility index (Phi) is 8.06. The highest BCUT2D eigenvalue weighted by Gasteiger charge is 2.48. The molecule has 0 saturated carbocycles. The summed E-state index contributed by atoms with van der Waals surface area (Å²) in [5.74, 6) is 0.292. The van der Waals surface area contributed by atoms with Crippen LogP contribution in [0.2, 0.25) is 0 Å². The lowest BCUT2D eigenvalue weighted by Crippen LogP contribution is -2.38. The number of ether oxygens (including phenoxy) is 4. The van der Waals surface area contributed by atoms with Gasteiger partial charge in [-0.2, -0.15) is 5.10 Å². The van der Waals surface area contributed by atoms with Gasteiger partial charge in [0.15, 0.2) is 11.5 Å². The number of aromatic nitrogens is 4. The Labute approximate surface area is 232 Å². The molecule has 4 atom stereocenters. The van der Waals surface area contributed by atoms with E-state index in [1.807, 2.05) is 91.0 Å². The highest BCUT2D eigenvalue weighted by Crippen LogP contribution is 2.38. The first kappa shape index (κ1) is 26.1. The highest BCUT2D eigenvalue weighted by molar-refractivity contribution is 5.58. The van der Waals surface area contributed by atoms with Crippen molar-refractivity contribution in [2.75, 3.05) is 12.3 Å². The van der Waals surface area contributed by atoms with Crippen LogP contribution in [-0.2, 0) is 38.8 Å². The van der Waals surface area contributed by atoms with Crippen molar-refractivity contribution in [1.29, 1.82) is 0 Å². The monoisotopic (exact) mass is 537 g/mol. The van der Waals surface area contributed by atoms with Gasteiger partial charge >= 0.3 is 0 Å². The molecule has 0 radical (unpaired) electrons. The molecule has 5 aromatic rings. The van der Waals surface area contributed by atoms with E-state index in [1.54, 1.807) is 10.7 Å². The molecule has 9 nitrogen and oxygen atoms in total. The average molecular weight is 538 g/mol. The van der Waals surface area contributed by atoms with Crippen molar-refractivity contribution in [3.63, 3.8) is 0 Å². The lowest BCUT2D eigenvalue weighted by Gasteiger charge is -2.25. The van der Waals surface area contributed by atoms with E-state index in [1.165, 1.54) is 6.33 Å². The molecule has 9 heteroatoms. The molecule has 0 spiro atoms. The van der Waals surface area contributed by atoms with Crippen LogP contribution in [0.1, 0.15) is 28.5 Å². The van der Waals surface area contributed by atoms with E-state index < -0.39 is 24.4 Å². The summed E-state index contributed by atoms with van der Waals surface area (Å²) in [6.45, 7) is 1.59. The number of nitrogen functional groups attached to an aromatic ring is 1. The smallest absolute Gasteiger partial charge is 0.196 e. The van der Waals surface area contributed by atoms with Gasteiger partial charge in [-0.05, 0) is 16.7 Å². The van der Waals surface area contributed by atoms with Crippen molar-refractivity contribution in [2.24, 2.45) is 0 Å². The van der Waals surface area contributed by atoms with Crippen LogP contribution in [0.5, 0.6) is 0 Å². The largest absolute Gasteiger partial charge is 0.381 e. The summed E-state index contributed by atoms with van der Waals surface area (Å²) in [5, 5.41) is 4.40. The van der Waals surface area contributed by atoms with Crippen LogP contribution in [0, 0.1) is 0 Å². The summed E-state index contributed by atoms with van der Waals surface area (Å²) >= 11 is 0. The first-order chi connectivity index (χ1) is 19.8. The molecule has 2 N–H and O–H groups in total. The molecule has 1 aliphatic heterocycles. The van der Waals surface area contributed by atoms with Gasteiger partial charge in [0, 0.05) is 0 Å². The quantitative estimate of drug-likeness (QED) is 0.262. The second-order valence-electron chi connectivity index (χ2n) is 9.68. The third-order valence-electron chi connectivity index (χ3n) is 6.92. The summed E-state index contributed by atoms with van der Waals surface area (Å²) in [6, 6.07) is 30.2. The zero-order chi connectivity index (χ0) is 27.1. The fourth-order valence-corrected chi connectivity index (χ4v) is 4.93. The number of hydrogen-bond donors (Lipinski definition) is 1. The van der Waals surface area contributed by atoms with Crippen LogP contribution in [0.25, 0.3) is 5.65 Å². The van der Waals surface area contributed by atoms with Crippen LogP contribution in [0.4, 0.5) is 5.82 Å². The molecule has 0 amide bonds. The van der Waals surface area contributed by atoms with Gasteiger partial charge < -0.3 is 24.7 Å². The van der Waals surface area contributed by atoms with E-state index in [0.29, 0.717) is 43.6 Å². The maximum Gasteiger partial charge on any atom is 0.196 e. The predicted octanol–water partition coefficient (Wildman–Crippen LogP) is 4.53. The molecule has 0 aliphatic carbocycles. The molecule has 1 fully saturated rings. The molecular weight excluding hydrogens is 506 g/mol. The Morgan fingerprint density at radius 1 is 0.725 bits per heavy atom. The van der Waals surface area contributed by atoms with Crippen LogP contribution in [-0.4, -0.2) is 44.5 Å². The highest BCUT2D eigenvalue weighted by atomic mass is 16.6. The molecule has 6 rings (SSSR count). The standard InChI is InChI=1S/C31H31N5O4/c32-30-31-33-16-25(36(31)35-21-34-30)27-29(39-19-24-14-8-3-9-15-24)28(38-18-23-12-6-2-7-13-23)26(40-27)20-37-17-22-10-4-1-5-11-22/h1-16,21,26-29H,17-20H2,(H2,32,34,35)/t26-,27+,28+,29+/m1/s1. The summed E-state index contributed by atoms with van der Waals surface area (Å²) in [6.07, 6.45) is 1.30. The lowest BCUT2D eigenvalue weighted by molar-refractivity contribution is -0.0898. The van der Waals surface area contributed by atoms with Gasteiger partial charge in [-0.25, -0.2) is 14.5 Å². The molecule has 0 unspecified atom stereocenters. The average Bonchev–Trinajstić information content (AvgIpc) is 3.58. The van der Waals surface area contributed by atoms with Gasteiger partial charge in [0.25, 0.3) is 0 Å². The van der Waals surface area contributed by atoms with Crippen molar-refractivity contribution in [1.82, 2.24) is 19.6 Å². The van der Waals surface area contributed by atoms with Crippen LogP contribution >= 0.6 is 0 Å². The van der Waals surface area contributed by atoms with Crippen LogP contribution < -0.4 is 5.73 Å². The number of hydrogen-bond acceptors (Lipinski definition) is 8.